The highest BCUT2D eigenvalue weighted by Gasteiger charge is 2.10. The summed E-state index contributed by atoms with van der Waals surface area (Å²) in [7, 11) is 0. The molecule has 3 rings (SSSR count). The SMILES string of the molecule is O=C(Nc1nnc(NCc2cccs2)s1)c1ccc(I)cc1. The van der Waals surface area contributed by atoms with Crippen LogP contribution in [0.1, 0.15) is 15.2 Å². The molecule has 0 bridgehead atoms. The van der Waals surface area contributed by atoms with Gasteiger partial charge in [-0.15, -0.1) is 21.5 Å². The minimum absolute atomic E-state index is 0.183. The van der Waals surface area contributed by atoms with Crippen LogP contribution in [0.5, 0.6) is 0 Å². The summed E-state index contributed by atoms with van der Waals surface area (Å²) in [5.41, 5.74) is 0.601. The van der Waals surface area contributed by atoms with Crippen molar-refractivity contribution >= 4 is 61.4 Å². The Morgan fingerprint density at radius 3 is 2.64 bits per heavy atom. The lowest BCUT2D eigenvalue weighted by atomic mass is 10.2. The summed E-state index contributed by atoms with van der Waals surface area (Å²) in [5, 5.41) is 17.1. The first-order chi connectivity index (χ1) is 10.7. The second-order valence-corrected chi connectivity index (χ2v) is 7.56. The summed E-state index contributed by atoms with van der Waals surface area (Å²) >= 11 is 5.20. The van der Waals surface area contributed by atoms with Gasteiger partial charge in [0, 0.05) is 14.0 Å². The molecule has 2 aromatic heterocycles. The highest BCUT2D eigenvalue weighted by Crippen LogP contribution is 2.22. The minimum atomic E-state index is -0.183. The Morgan fingerprint density at radius 2 is 1.91 bits per heavy atom. The summed E-state index contributed by atoms with van der Waals surface area (Å²) in [4.78, 5) is 13.3. The molecule has 22 heavy (non-hydrogen) atoms. The number of amides is 1. The van der Waals surface area contributed by atoms with Gasteiger partial charge < -0.3 is 5.32 Å². The van der Waals surface area contributed by atoms with Crippen LogP contribution in [0.3, 0.4) is 0 Å². The number of carbonyl (C=O) groups excluding carboxylic acids is 1. The molecule has 2 N–H and O–H groups in total. The normalized spacial score (nSPS) is 10.4. The van der Waals surface area contributed by atoms with Gasteiger partial charge in [0.05, 0.1) is 6.54 Å². The summed E-state index contributed by atoms with van der Waals surface area (Å²) in [6, 6.07) is 11.4. The highest BCUT2D eigenvalue weighted by atomic mass is 127. The fourth-order valence-corrected chi connectivity index (χ4v) is 3.33. The molecule has 0 aliphatic carbocycles. The molecule has 1 amide bonds. The first-order valence-corrected chi connectivity index (χ1v) is 9.15. The van der Waals surface area contributed by atoms with Crippen molar-refractivity contribution in [1.29, 1.82) is 0 Å². The summed E-state index contributed by atoms with van der Waals surface area (Å²) < 4.78 is 1.09. The second-order valence-electron chi connectivity index (χ2n) is 4.31. The highest BCUT2D eigenvalue weighted by molar-refractivity contribution is 14.1. The number of rotatable bonds is 5. The van der Waals surface area contributed by atoms with Crippen LogP contribution in [0, 0.1) is 3.57 Å². The van der Waals surface area contributed by atoms with Crippen LogP contribution in [0.2, 0.25) is 0 Å². The first kappa shape index (κ1) is 15.4. The van der Waals surface area contributed by atoms with E-state index in [1.165, 1.54) is 16.2 Å². The quantitative estimate of drug-likeness (QED) is 0.585. The van der Waals surface area contributed by atoms with Gasteiger partial charge in [0.1, 0.15) is 0 Å². The maximum absolute atomic E-state index is 12.1. The molecule has 0 unspecified atom stereocenters. The van der Waals surface area contributed by atoms with E-state index in [0.717, 1.165) is 3.57 Å². The zero-order valence-corrected chi connectivity index (χ0v) is 15.0. The first-order valence-electron chi connectivity index (χ1n) is 6.37. The Kier molecular flexibility index (Phi) is 5.01. The van der Waals surface area contributed by atoms with Crippen molar-refractivity contribution < 1.29 is 4.79 Å². The predicted octanol–water partition coefficient (Wildman–Crippen LogP) is 4.07. The molecule has 1 aromatic carbocycles. The molecule has 8 heteroatoms. The van der Waals surface area contributed by atoms with Crippen LogP contribution >= 0.6 is 45.3 Å². The van der Waals surface area contributed by atoms with Crippen molar-refractivity contribution in [1.82, 2.24) is 10.2 Å². The Hall–Kier alpha value is -1.52. The summed E-state index contributed by atoms with van der Waals surface area (Å²) in [5.74, 6) is -0.183. The van der Waals surface area contributed by atoms with E-state index in [4.69, 9.17) is 0 Å². The lowest BCUT2D eigenvalue weighted by Crippen LogP contribution is -2.11. The predicted molar refractivity (Wildman–Crippen MR) is 98.7 cm³/mol. The van der Waals surface area contributed by atoms with Gasteiger partial charge in [-0.1, -0.05) is 17.4 Å². The van der Waals surface area contributed by atoms with Crippen LogP contribution in [-0.4, -0.2) is 16.1 Å². The maximum Gasteiger partial charge on any atom is 0.257 e. The number of hydrogen-bond donors (Lipinski definition) is 2. The zero-order valence-electron chi connectivity index (χ0n) is 11.2. The van der Waals surface area contributed by atoms with E-state index < -0.39 is 0 Å². The molecule has 0 saturated carbocycles. The largest absolute Gasteiger partial charge is 0.355 e. The van der Waals surface area contributed by atoms with E-state index >= 15 is 0 Å². The van der Waals surface area contributed by atoms with E-state index in [9.17, 15) is 4.79 Å². The van der Waals surface area contributed by atoms with Crippen LogP contribution in [0.15, 0.2) is 41.8 Å². The van der Waals surface area contributed by atoms with Crippen LogP contribution in [0.25, 0.3) is 0 Å². The monoisotopic (exact) mass is 442 g/mol. The molecule has 0 radical (unpaired) electrons. The molecule has 3 aromatic rings. The number of halogens is 1. The van der Waals surface area contributed by atoms with E-state index in [2.05, 4.69) is 49.5 Å². The van der Waals surface area contributed by atoms with Gasteiger partial charge in [0.15, 0.2) is 0 Å². The molecule has 0 spiro atoms. The Bertz CT molecular complexity index is 756. The third-order valence-corrected chi connectivity index (χ3v) is 5.14. The van der Waals surface area contributed by atoms with Crippen molar-refractivity contribution in [3.8, 4) is 0 Å². The Morgan fingerprint density at radius 1 is 1.14 bits per heavy atom. The number of benzene rings is 1. The van der Waals surface area contributed by atoms with Gasteiger partial charge in [0.2, 0.25) is 10.3 Å². The number of thiophene rings is 1. The van der Waals surface area contributed by atoms with Gasteiger partial charge in [-0.3, -0.25) is 10.1 Å². The van der Waals surface area contributed by atoms with Crippen molar-refractivity contribution in [2.24, 2.45) is 0 Å². The molecule has 5 nitrogen and oxygen atoms in total. The number of carbonyl (C=O) groups is 1. The molecular formula is C14H11IN4OS2. The standard InChI is InChI=1S/C14H11IN4OS2/c15-10-5-3-9(4-6-10)12(20)17-14-19-18-13(22-14)16-8-11-2-1-7-21-11/h1-7H,8H2,(H,16,18)(H,17,19,20). The Balaban J connectivity index is 1.59. The average molecular weight is 442 g/mol. The number of nitrogens with one attached hydrogen (secondary N) is 2. The number of nitrogens with zero attached hydrogens (tertiary/aromatic N) is 2. The number of aromatic nitrogens is 2. The summed E-state index contributed by atoms with van der Waals surface area (Å²) in [6.45, 7) is 0.706. The average Bonchev–Trinajstić information content (AvgIpc) is 3.17. The van der Waals surface area contributed by atoms with Crippen molar-refractivity contribution in [3.63, 3.8) is 0 Å². The lowest BCUT2D eigenvalue weighted by molar-refractivity contribution is 0.102. The van der Waals surface area contributed by atoms with Gasteiger partial charge in [-0.2, -0.15) is 0 Å². The fraction of sp³-hybridized carbons (Fsp3) is 0.0714. The molecule has 2 heterocycles. The number of hydrogen-bond acceptors (Lipinski definition) is 6. The van der Waals surface area contributed by atoms with Crippen LogP contribution < -0.4 is 10.6 Å². The molecule has 0 saturated heterocycles. The smallest absolute Gasteiger partial charge is 0.257 e. The van der Waals surface area contributed by atoms with Crippen molar-refractivity contribution in [2.45, 2.75) is 6.54 Å². The van der Waals surface area contributed by atoms with Gasteiger partial charge in [-0.25, -0.2) is 0 Å². The third-order valence-electron chi connectivity index (χ3n) is 2.75. The fourth-order valence-electron chi connectivity index (χ4n) is 1.69. The molecule has 0 fully saturated rings. The topological polar surface area (TPSA) is 66.9 Å². The van der Waals surface area contributed by atoms with Gasteiger partial charge >= 0.3 is 0 Å². The van der Waals surface area contributed by atoms with Crippen LogP contribution in [0.4, 0.5) is 10.3 Å². The molecule has 0 atom stereocenters. The molecular weight excluding hydrogens is 431 g/mol. The third kappa shape index (κ3) is 4.02. The van der Waals surface area contributed by atoms with E-state index in [0.29, 0.717) is 22.4 Å². The maximum atomic E-state index is 12.1. The Labute approximate surface area is 148 Å². The minimum Gasteiger partial charge on any atom is -0.355 e. The molecule has 0 aliphatic heterocycles. The second kappa shape index (κ2) is 7.16. The van der Waals surface area contributed by atoms with Gasteiger partial charge in [0.25, 0.3) is 5.91 Å². The lowest BCUT2D eigenvalue weighted by Gasteiger charge is -2.01. The van der Waals surface area contributed by atoms with E-state index in [1.54, 1.807) is 23.5 Å². The van der Waals surface area contributed by atoms with Crippen LogP contribution in [-0.2, 0) is 6.54 Å². The van der Waals surface area contributed by atoms with Crippen molar-refractivity contribution in [3.05, 3.63) is 55.8 Å². The van der Waals surface area contributed by atoms with Crippen molar-refractivity contribution in [2.75, 3.05) is 10.6 Å². The van der Waals surface area contributed by atoms with Gasteiger partial charge in [-0.05, 0) is 58.3 Å². The molecule has 112 valence electrons. The zero-order chi connectivity index (χ0) is 15.4. The summed E-state index contributed by atoms with van der Waals surface area (Å²) in [6.07, 6.45) is 0. The number of anilines is 2. The molecule has 0 aliphatic rings. The van der Waals surface area contributed by atoms with E-state index in [-0.39, 0.29) is 5.91 Å². The van der Waals surface area contributed by atoms with E-state index in [1.807, 2.05) is 23.6 Å².